The quantitative estimate of drug-likeness (QED) is 0.326. The van der Waals surface area contributed by atoms with Gasteiger partial charge >= 0.3 is 5.97 Å². The maximum absolute atomic E-state index is 13.4. The Labute approximate surface area is 230 Å². The van der Waals surface area contributed by atoms with Crippen LogP contribution in [-0.4, -0.2) is 51.9 Å². The summed E-state index contributed by atoms with van der Waals surface area (Å²) >= 11 is 1.50. The second-order valence-electron chi connectivity index (χ2n) is 9.04. The number of ether oxygens (including phenoxy) is 2. The van der Waals surface area contributed by atoms with Crippen molar-refractivity contribution in [3.05, 3.63) is 113 Å². The van der Waals surface area contributed by atoms with Gasteiger partial charge in [0.2, 0.25) is 5.91 Å². The molecule has 8 nitrogen and oxygen atoms in total. The van der Waals surface area contributed by atoms with E-state index in [-0.39, 0.29) is 30.5 Å². The van der Waals surface area contributed by atoms with Crippen LogP contribution >= 0.6 is 11.8 Å². The van der Waals surface area contributed by atoms with Crippen LogP contribution < -0.4 is 10.1 Å². The van der Waals surface area contributed by atoms with Crippen LogP contribution in [0.4, 0.5) is 0 Å². The number of nitrogens with zero attached hydrogens (tertiary/aromatic N) is 2. The fourth-order valence-corrected chi connectivity index (χ4v) is 5.69. The molecule has 1 unspecified atom stereocenters. The summed E-state index contributed by atoms with van der Waals surface area (Å²) in [7, 11) is 1.58. The molecule has 2 aliphatic heterocycles. The molecular weight excluding hydrogens is 514 g/mol. The molecule has 0 spiro atoms. The first kappa shape index (κ1) is 26.2. The van der Waals surface area contributed by atoms with Gasteiger partial charge in [-0.3, -0.25) is 19.5 Å². The van der Waals surface area contributed by atoms with Gasteiger partial charge in [0.25, 0.3) is 5.91 Å². The highest BCUT2D eigenvalue weighted by atomic mass is 32.2. The van der Waals surface area contributed by atoms with Crippen molar-refractivity contribution in [3.63, 3.8) is 0 Å². The topological polar surface area (TPSA) is 97.8 Å². The number of carbonyl (C=O) groups excluding carboxylic acids is 3. The van der Waals surface area contributed by atoms with E-state index in [4.69, 9.17) is 9.47 Å². The Morgan fingerprint density at radius 1 is 1.05 bits per heavy atom. The molecule has 0 bridgehead atoms. The van der Waals surface area contributed by atoms with Crippen LogP contribution in [0.15, 0.2) is 96.5 Å². The third-order valence-electron chi connectivity index (χ3n) is 6.41. The van der Waals surface area contributed by atoms with Crippen molar-refractivity contribution < 1.29 is 23.9 Å². The highest BCUT2D eigenvalue weighted by molar-refractivity contribution is 8.00. The number of allylic oxidation sites excluding steroid dienone is 1. The lowest BCUT2D eigenvalue weighted by molar-refractivity contribution is -0.153. The molecule has 3 heterocycles. The molecule has 1 aromatic heterocycles. The minimum absolute atomic E-state index is 0.0447. The number of nitrogens with one attached hydrogen (secondary N) is 1. The van der Waals surface area contributed by atoms with Crippen LogP contribution in [0.1, 0.15) is 16.7 Å². The van der Waals surface area contributed by atoms with E-state index in [1.165, 1.54) is 16.7 Å². The number of hydrogen-bond donors (Lipinski definition) is 1. The van der Waals surface area contributed by atoms with Gasteiger partial charge < -0.3 is 14.8 Å². The molecule has 2 amide bonds. The Morgan fingerprint density at radius 2 is 1.85 bits per heavy atom. The predicted molar refractivity (Wildman–Crippen MR) is 148 cm³/mol. The molecule has 1 saturated heterocycles. The van der Waals surface area contributed by atoms with Gasteiger partial charge in [-0.15, -0.1) is 11.8 Å². The number of rotatable bonds is 9. The van der Waals surface area contributed by atoms with E-state index in [2.05, 4.69) is 10.3 Å². The number of benzene rings is 2. The van der Waals surface area contributed by atoms with Crippen LogP contribution in [0.3, 0.4) is 0 Å². The van der Waals surface area contributed by atoms with Crippen molar-refractivity contribution >= 4 is 35.6 Å². The largest absolute Gasteiger partial charge is 0.497 e. The zero-order valence-corrected chi connectivity index (χ0v) is 22.1. The van der Waals surface area contributed by atoms with Crippen molar-refractivity contribution in [2.45, 2.75) is 24.4 Å². The van der Waals surface area contributed by atoms with E-state index >= 15 is 0 Å². The Balaban J connectivity index is 1.34. The number of β-lactam (4-membered cyclic amide) rings is 1. The molecule has 3 aromatic rings. The average Bonchev–Trinajstić information content (AvgIpc) is 2.98. The number of thioether (sulfide) groups is 1. The molecule has 9 heteroatoms. The van der Waals surface area contributed by atoms with Gasteiger partial charge in [0.1, 0.15) is 29.5 Å². The van der Waals surface area contributed by atoms with Crippen LogP contribution in [0.25, 0.3) is 6.08 Å². The third-order valence-corrected chi connectivity index (χ3v) is 7.71. The van der Waals surface area contributed by atoms with Crippen molar-refractivity contribution in [1.29, 1.82) is 0 Å². The Kier molecular flexibility index (Phi) is 8.07. The zero-order chi connectivity index (χ0) is 27.2. The Hall–Kier alpha value is -4.37. The Morgan fingerprint density at radius 3 is 2.56 bits per heavy atom. The SMILES string of the molecule is COc1ccc(COC(=O)C2=C(/C=C\c3cccnc3)CS[C@@H]3C(NC(=O)Cc4ccccc4)C(=O)N23)cc1. The van der Waals surface area contributed by atoms with Gasteiger partial charge in [-0.2, -0.15) is 0 Å². The monoisotopic (exact) mass is 541 g/mol. The predicted octanol–water partition coefficient (Wildman–Crippen LogP) is 3.74. The van der Waals surface area contributed by atoms with E-state index in [9.17, 15) is 14.4 Å². The van der Waals surface area contributed by atoms with Crippen LogP contribution in [0, 0.1) is 0 Å². The van der Waals surface area contributed by atoms with Crippen molar-refractivity contribution in [2.24, 2.45) is 0 Å². The maximum Gasteiger partial charge on any atom is 0.355 e. The van der Waals surface area contributed by atoms with Crippen LogP contribution in [0.5, 0.6) is 5.75 Å². The first-order valence-corrected chi connectivity index (χ1v) is 13.5. The van der Waals surface area contributed by atoms with Gasteiger partial charge in [-0.1, -0.05) is 60.7 Å². The van der Waals surface area contributed by atoms with Gasteiger partial charge in [-0.25, -0.2) is 4.79 Å². The number of hydrogen-bond acceptors (Lipinski definition) is 7. The summed E-state index contributed by atoms with van der Waals surface area (Å²) in [4.78, 5) is 44.9. The highest BCUT2D eigenvalue weighted by Gasteiger charge is 2.54. The molecule has 39 heavy (non-hydrogen) atoms. The van der Waals surface area contributed by atoms with Gasteiger partial charge in [0, 0.05) is 18.1 Å². The van der Waals surface area contributed by atoms with Crippen molar-refractivity contribution in [3.8, 4) is 5.75 Å². The lowest BCUT2D eigenvalue weighted by atomic mass is 10.0. The average molecular weight is 542 g/mol. The molecule has 0 radical (unpaired) electrons. The number of esters is 1. The second kappa shape index (κ2) is 12.0. The van der Waals surface area contributed by atoms with Crippen LogP contribution in [0.2, 0.25) is 0 Å². The summed E-state index contributed by atoms with van der Waals surface area (Å²) in [5, 5.41) is 2.46. The molecule has 1 fully saturated rings. The number of methoxy groups -OCH3 is 1. The number of amides is 2. The third kappa shape index (κ3) is 6.04. The smallest absolute Gasteiger partial charge is 0.355 e. The van der Waals surface area contributed by atoms with Crippen molar-refractivity contribution in [1.82, 2.24) is 15.2 Å². The molecule has 5 rings (SSSR count). The standard InChI is InChI=1S/C30H27N3O5S/c1-37-24-13-10-22(11-14-24)18-38-30(36)27-23(12-9-21-8-5-15-31-17-21)19-39-29-26(28(35)33(27)29)32-25(34)16-20-6-3-2-4-7-20/h2-15,17,26,29H,16,18-19H2,1H3,(H,32,34)/b12-9-/t26?,29-/m1/s1. The summed E-state index contributed by atoms with van der Waals surface area (Å²) in [6.45, 7) is 0.0447. The lowest BCUT2D eigenvalue weighted by Crippen LogP contribution is -2.70. The summed E-state index contributed by atoms with van der Waals surface area (Å²) in [5.74, 6) is 0.00841. The molecule has 2 atom stereocenters. The number of aromatic nitrogens is 1. The van der Waals surface area contributed by atoms with E-state index in [1.807, 2.05) is 66.7 Å². The molecular formula is C30H27N3O5S. The first-order chi connectivity index (χ1) is 19.0. The lowest BCUT2D eigenvalue weighted by Gasteiger charge is -2.49. The molecule has 0 aliphatic carbocycles. The van der Waals surface area contributed by atoms with E-state index in [0.29, 0.717) is 17.1 Å². The summed E-state index contributed by atoms with van der Waals surface area (Å²) in [5.41, 5.74) is 3.39. The van der Waals surface area contributed by atoms with Gasteiger partial charge in [-0.05, 0) is 40.5 Å². The minimum atomic E-state index is -0.709. The maximum atomic E-state index is 13.4. The number of carbonyl (C=O) groups is 3. The van der Waals surface area contributed by atoms with Crippen molar-refractivity contribution in [2.75, 3.05) is 12.9 Å². The number of fused-ring (bicyclic) bond motifs is 1. The fraction of sp³-hybridized carbons (Fsp3) is 0.200. The molecule has 2 aliphatic rings. The molecule has 2 aromatic carbocycles. The van der Waals surface area contributed by atoms with E-state index in [1.54, 1.807) is 31.6 Å². The van der Waals surface area contributed by atoms with Crippen LogP contribution in [-0.2, 0) is 32.1 Å². The zero-order valence-electron chi connectivity index (χ0n) is 21.3. The normalized spacial score (nSPS) is 18.4. The first-order valence-electron chi connectivity index (χ1n) is 12.4. The summed E-state index contributed by atoms with van der Waals surface area (Å²) in [6, 6.07) is 19.6. The fourth-order valence-electron chi connectivity index (χ4n) is 4.38. The number of pyridine rings is 1. The summed E-state index contributed by atoms with van der Waals surface area (Å²) < 4.78 is 10.8. The van der Waals surface area contributed by atoms with E-state index in [0.717, 1.165) is 16.7 Å². The molecule has 0 saturated carbocycles. The highest BCUT2D eigenvalue weighted by Crippen LogP contribution is 2.41. The second-order valence-corrected chi connectivity index (χ2v) is 10.1. The van der Waals surface area contributed by atoms with Gasteiger partial charge in [0.15, 0.2) is 0 Å². The minimum Gasteiger partial charge on any atom is -0.497 e. The van der Waals surface area contributed by atoms with Gasteiger partial charge in [0.05, 0.1) is 13.5 Å². The summed E-state index contributed by atoms with van der Waals surface area (Å²) in [6.07, 6.45) is 7.24. The van der Waals surface area contributed by atoms with E-state index < -0.39 is 17.4 Å². The molecule has 1 N–H and O–H groups in total. The Bertz CT molecular complexity index is 1410. The molecule has 198 valence electrons.